The number of carbonyl (C=O) groups is 1. The number of ether oxygens (including phenoxy) is 1. The minimum absolute atomic E-state index is 0.0660. The molecule has 0 radical (unpaired) electrons. The Balaban J connectivity index is 2.19. The van der Waals surface area contributed by atoms with Crippen LogP contribution in [-0.4, -0.2) is 29.0 Å². The van der Waals surface area contributed by atoms with Crippen LogP contribution < -0.4 is 10.2 Å². The van der Waals surface area contributed by atoms with Crippen LogP contribution in [0.4, 0.5) is 0 Å². The maximum atomic E-state index is 12.2. The van der Waals surface area contributed by atoms with Crippen molar-refractivity contribution in [3.8, 4) is 5.75 Å². The van der Waals surface area contributed by atoms with Crippen LogP contribution in [0.25, 0.3) is 6.08 Å². The van der Waals surface area contributed by atoms with Gasteiger partial charge in [0.25, 0.3) is 0 Å². The van der Waals surface area contributed by atoms with Gasteiger partial charge in [-0.1, -0.05) is 18.7 Å². The summed E-state index contributed by atoms with van der Waals surface area (Å²) in [6, 6.07) is 5.50. The van der Waals surface area contributed by atoms with Crippen molar-refractivity contribution in [3.05, 3.63) is 42.5 Å². The first-order chi connectivity index (χ1) is 10.6. The van der Waals surface area contributed by atoms with E-state index in [1.54, 1.807) is 19.3 Å². The number of allylic oxidation sites excluding steroid dienone is 1. The average molecular weight is 318 g/mol. The molecule has 1 heterocycles. The molecule has 0 bridgehead atoms. The molecule has 1 aliphatic heterocycles. The van der Waals surface area contributed by atoms with Gasteiger partial charge in [-0.2, -0.15) is 5.10 Å². The number of amides is 1. The molecule has 5 nitrogen and oxygen atoms in total. The van der Waals surface area contributed by atoms with Crippen LogP contribution in [0.2, 0.25) is 0 Å². The molecular formula is C16H18N2O3S. The predicted octanol–water partition coefficient (Wildman–Crippen LogP) is 2.27. The Labute approximate surface area is 132 Å². The molecular weight excluding hydrogens is 300 g/mol. The number of nitrogens with one attached hydrogen (secondary N) is 1. The summed E-state index contributed by atoms with van der Waals surface area (Å²) in [4.78, 5) is 11.7. The van der Waals surface area contributed by atoms with Gasteiger partial charge in [-0.3, -0.25) is 4.79 Å². The number of hydrogen-bond acceptors (Lipinski definition) is 4. The lowest BCUT2D eigenvalue weighted by molar-refractivity contribution is -0.121. The fraction of sp³-hybridized carbons (Fsp3) is 0.250. The molecule has 0 fully saturated rings. The first-order valence-corrected chi connectivity index (χ1v) is 8.16. The molecule has 2 rings (SSSR count). The molecule has 1 aromatic carbocycles. The number of methoxy groups -OCH3 is 1. The van der Waals surface area contributed by atoms with E-state index in [0.717, 1.165) is 11.3 Å². The van der Waals surface area contributed by atoms with Crippen molar-refractivity contribution >= 4 is 28.9 Å². The van der Waals surface area contributed by atoms with Gasteiger partial charge in [0.2, 0.25) is 5.91 Å². The quantitative estimate of drug-likeness (QED) is 0.646. The van der Waals surface area contributed by atoms with Crippen molar-refractivity contribution in [1.82, 2.24) is 5.43 Å². The fourth-order valence-electron chi connectivity index (χ4n) is 1.97. The Hall–Kier alpha value is -2.05. The van der Waals surface area contributed by atoms with E-state index in [1.165, 1.54) is 0 Å². The second-order valence-corrected chi connectivity index (χ2v) is 6.15. The zero-order chi connectivity index (χ0) is 15.9. The summed E-state index contributed by atoms with van der Waals surface area (Å²) in [5.74, 6) is 0.908. The third-order valence-electron chi connectivity index (χ3n) is 3.10. The zero-order valence-corrected chi connectivity index (χ0v) is 13.2. The molecule has 0 spiro atoms. The fourth-order valence-corrected chi connectivity index (χ4v) is 3.01. The molecule has 0 saturated heterocycles. The minimum atomic E-state index is -1.18. The van der Waals surface area contributed by atoms with Gasteiger partial charge in [-0.05, 0) is 35.0 Å². The molecule has 22 heavy (non-hydrogen) atoms. The van der Waals surface area contributed by atoms with Gasteiger partial charge in [-0.15, -0.1) is 0 Å². The van der Waals surface area contributed by atoms with Crippen LogP contribution in [0.15, 0.2) is 46.9 Å². The molecule has 1 amide bonds. The summed E-state index contributed by atoms with van der Waals surface area (Å²) in [7, 11) is 1.55. The number of hydrazone groups is 1. The maximum absolute atomic E-state index is 12.2. The number of hydrogen-bond donors (Lipinski definition) is 1. The van der Waals surface area contributed by atoms with Crippen molar-refractivity contribution in [2.24, 2.45) is 5.10 Å². The molecule has 0 aromatic heterocycles. The standard InChI is InChI=1S/C16H18N2O3S/c1-3-10-22(20)15-11-12(5-8-14(15)21-2)4-6-13-7-9-16(19)18-17-13/h3-6,8,11H,1,7,9-10H2,2H3,(H,18,19). The second-order valence-electron chi connectivity index (χ2n) is 4.68. The van der Waals surface area contributed by atoms with Crippen LogP contribution in [0.5, 0.6) is 5.75 Å². The molecule has 1 unspecified atom stereocenters. The van der Waals surface area contributed by atoms with Gasteiger partial charge in [0.15, 0.2) is 10.6 Å². The van der Waals surface area contributed by atoms with Crippen LogP contribution in [-0.2, 0) is 16.0 Å². The van der Waals surface area contributed by atoms with Crippen LogP contribution >= 0.6 is 0 Å². The van der Waals surface area contributed by atoms with Crippen LogP contribution in [0.1, 0.15) is 18.4 Å². The summed E-state index contributed by atoms with van der Waals surface area (Å²) >= 11 is -1.18. The van der Waals surface area contributed by atoms with Gasteiger partial charge in [0.05, 0.1) is 12.8 Å². The van der Waals surface area contributed by atoms with Gasteiger partial charge in [0.1, 0.15) is 5.75 Å². The van der Waals surface area contributed by atoms with E-state index in [2.05, 4.69) is 17.1 Å². The first-order valence-electron chi connectivity index (χ1n) is 6.85. The van der Waals surface area contributed by atoms with Crippen LogP contribution in [0, 0.1) is 0 Å². The summed E-state index contributed by atoms with van der Waals surface area (Å²) in [5.41, 5.74) is 4.16. The van der Waals surface area contributed by atoms with E-state index < -0.39 is 11.2 Å². The van der Waals surface area contributed by atoms with Gasteiger partial charge in [0, 0.05) is 18.9 Å². The lowest BCUT2D eigenvalue weighted by Crippen LogP contribution is -2.24. The predicted molar refractivity (Wildman–Crippen MR) is 88.3 cm³/mol. The summed E-state index contributed by atoms with van der Waals surface area (Å²) in [6.07, 6.45) is 6.41. The van der Waals surface area contributed by atoms with Crippen molar-refractivity contribution in [2.75, 3.05) is 12.9 Å². The highest BCUT2D eigenvalue weighted by atomic mass is 32.2. The topological polar surface area (TPSA) is 73.8 Å². The normalized spacial score (nSPS) is 16.1. The monoisotopic (exact) mass is 318 g/mol. The molecule has 1 aromatic rings. The summed E-state index contributed by atoms with van der Waals surface area (Å²) < 4.78 is 17.4. The van der Waals surface area contributed by atoms with Crippen molar-refractivity contribution in [3.63, 3.8) is 0 Å². The molecule has 1 aliphatic rings. The number of rotatable bonds is 6. The van der Waals surface area contributed by atoms with Crippen molar-refractivity contribution < 1.29 is 14.1 Å². The van der Waals surface area contributed by atoms with E-state index in [4.69, 9.17) is 4.74 Å². The van der Waals surface area contributed by atoms with E-state index in [1.807, 2.05) is 24.3 Å². The highest BCUT2D eigenvalue weighted by Crippen LogP contribution is 2.26. The highest BCUT2D eigenvalue weighted by Gasteiger charge is 2.16. The number of nitrogens with zero attached hydrogens (tertiary/aromatic N) is 1. The Morgan fingerprint density at radius 1 is 1.45 bits per heavy atom. The maximum Gasteiger partial charge on any atom is 0.240 e. The van der Waals surface area contributed by atoms with Gasteiger partial charge < -0.3 is 9.29 Å². The largest absolute Gasteiger partial charge is 0.611 e. The number of benzene rings is 1. The van der Waals surface area contributed by atoms with E-state index in [9.17, 15) is 9.35 Å². The molecule has 6 heteroatoms. The van der Waals surface area contributed by atoms with E-state index >= 15 is 0 Å². The second kappa shape index (κ2) is 7.82. The lowest BCUT2D eigenvalue weighted by atomic mass is 10.1. The molecule has 0 saturated carbocycles. The molecule has 1 N–H and O–H groups in total. The smallest absolute Gasteiger partial charge is 0.240 e. The highest BCUT2D eigenvalue weighted by molar-refractivity contribution is 7.91. The van der Waals surface area contributed by atoms with Crippen molar-refractivity contribution in [1.29, 1.82) is 0 Å². The Morgan fingerprint density at radius 2 is 2.27 bits per heavy atom. The van der Waals surface area contributed by atoms with Crippen molar-refractivity contribution in [2.45, 2.75) is 17.7 Å². The van der Waals surface area contributed by atoms with Crippen LogP contribution in [0.3, 0.4) is 0 Å². The Bertz CT molecular complexity index is 626. The SMILES string of the molecule is C=CC[S+]([O-])c1cc(C=CC2=NNC(=O)CC2)ccc1OC. The third kappa shape index (κ3) is 4.22. The summed E-state index contributed by atoms with van der Waals surface area (Å²) in [5, 5.41) is 3.98. The minimum Gasteiger partial charge on any atom is -0.611 e. The molecule has 116 valence electrons. The number of carbonyl (C=O) groups excluding carboxylic acids is 1. The lowest BCUT2D eigenvalue weighted by Gasteiger charge is -2.12. The summed E-state index contributed by atoms with van der Waals surface area (Å²) in [6.45, 7) is 3.61. The molecule has 0 aliphatic carbocycles. The average Bonchev–Trinajstić information content (AvgIpc) is 2.54. The molecule has 1 atom stereocenters. The Morgan fingerprint density at radius 3 is 2.91 bits per heavy atom. The Kier molecular flexibility index (Phi) is 5.80. The zero-order valence-electron chi connectivity index (χ0n) is 12.4. The van der Waals surface area contributed by atoms with E-state index in [-0.39, 0.29) is 5.91 Å². The first kappa shape index (κ1) is 16.3. The third-order valence-corrected chi connectivity index (χ3v) is 4.45. The van der Waals surface area contributed by atoms with E-state index in [0.29, 0.717) is 29.2 Å². The van der Waals surface area contributed by atoms with Gasteiger partial charge in [-0.25, -0.2) is 5.43 Å². The van der Waals surface area contributed by atoms with Gasteiger partial charge >= 0.3 is 0 Å².